The van der Waals surface area contributed by atoms with E-state index in [4.69, 9.17) is 0 Å². The summed E-state index contributed by atoms with van der Waals surface area (Å²) in [5.74, 6) is 0. The van der Waals surface area contributed by atoms with Crippen LogP contribution in [0, 0.1) is 0 Å². The highest BCUT2D eigenvalue weighted by Gasteiger charge is 2.16. The highest BCUT2D eigenvalue weighted by Crippen LogP contribution is 2.39. The maximum atomic E-state index is 2.22. The van der Waals surface area contributed by atoms with Gasteiger partial charge in [-0.3, -0.25) is 0 Å². The summed E-state index contributed by atoms with van der Waals surface area (Å²) >= 11 is 3.72. The van der Waals surface area contributed by atoms with E-state index >= 15 is 0 Å². The zero-order valence-corrected chi connectivity index (χ0v) is 7.26. The van der Waals surface area contributed by atoms with E-state index in [-0.39, 0.29) is 0 Å². The Bertz CT molecular complexity index is 129. The van der Waals surface area contributed by atoms with Gasteiger partial charge >= 0.3 is 0 Å². The van der Waals surface area contributed by atoms with E-state index in [2.05, 4.69) is 36.8 Å². The topological polar surface area (TPSA) is 0 Å². The minimum Gasteiger partial charge on any atom is -0.117 e. The first-order valence-electron chi connectivity index (χ1n) is 2.88. The molecule has 0 aromatic heterocycles. The van der Waals surface area contributed by atoms with Gasteiger partial charge in [0, 0.05) is 0 Å². The van der Waals surface area contributed by atoms with Gasteiger partial charge in [-0.1, -0.05) is 12.2 Å². The second kappa shape index (κ2) is 2.84. The van der Waals surface area contributed by atoms with E-state index in [0.29, 0.717) is 4.08 Å². The Labute approximate surface area is 64.8 Å². The SMILES string of the molecule is CC1(C)SC=CC=CS1. The molecule has 0 N–H and O–H groups in total. The van der Waals surface area contributed by atoms with E-state index in [1.807, 2.05) is 23.5 Å². The maximum absolute atomic E-state index is 2.22. The third-order valence-electron chi connectivity index (χ3n) is 0.972. The Morgan fingerprint density at radius 2 is 1.44 bits per heavy atom. The van der Waals surface area contributed by atoms with Gasteiger partial charge in [0.15, 0.2) is 0 Å². The van der Waals surface area contributed by atoms with Crippen molar-refractivity contribution < 1.29 is 0 Å². The molecule has 1 rings (SSSR count). The van der Waals surface area contributed by atoms with Crippen molar-refractivity contribution in [3.05, 3.63) is 23.0 Å². The van der Waals surface area contributed by atoms with Crippen molar-refractivity contribution in [1.29, 1.82) is 0 Å². The summed E-state index contributed by atoms with van der Waals surface area (Å²) in [5, 5.41) is 4.27. The molecule has 50 valence electrons. The molecule has 0 unspecified atom stereocenters. The van der Waals surface area contributed by atoms with Gasteiger partial charge in [0.25, 0.3) is 0 Å². The summed E-state index contributed by atoms with van der Waals surface area (Å²) in [5.41, 5.74) is 0. The van der Waals surface area contributed by atoms with Crippen molar-refractivity contribution in [1.82, 2.24) is 0 Å². The Kier molecular flexibility index (Phi) is 2.30. The third-order valence-corrected chi connectivity index (χ3v) is 3.27. The molecule has 1 aliphatic rings. The predicted octanol–water partition coefficient (Wildman–Crippen LogP) is 3.23. The molecule has 0 radical (unpaired) electrons. The first kappa shape index (κ1) is 7.29. The van der Waals surface area contributed by atoms with Crippen LogP contribution in [-0.4, -0.2) is 4.08 Å². The van der Waals surface area contributed by atoms with Crippen LogP contribution in [0.2, 0.25) is 0 Å². The highest BCUT2D eigenvalue weighted by atomic mass is 32.2. The molecule has 9 heavy (non-hydrogen) atoms. The molecular formula is C7H10S2. The molecule has 0 saturated heterocycles. The first-order chi connectivity index (χ1) is 4.21. The average Bonchev–Trinajstić information content (AvgIpc) is 1.92. The summed E-state index contributed by atoms with van der Waals surface area (Å²) in [6.45, 7) is 4.45. The largest absolute Gasteiger partial charge is 0.117 e. The second-order valence-electron chi connectivity index (χ2n) is 2.29. The van der Waals surface area contributed by atoms with Crippen LogP contribution in [0.1, 0.15) is 13.8 Å². The molecule has 0 nitrogen and oxygen atoms in total. The van der Waals surface area contributed by atoms with Gasteiger partial charge in [-0.25, -0.2) is 0 Å². The molecular weight excluding hydrogens is 148 g/mol. The Morgan fingerprint density at radius 3 is 1.89 bits per heavy atom. The average molecular weight is 158 g/mol. The van der Waals surface area contributed by atoms with Crippen molar-refractivity contribution in [2.24, 2.45) is 0 Å². The number of hydrogen-bond donors (Lipinski definition) is 0. The smallest absolute Gasteiger partial charge is 0.0637 e. The van der Waals surface area contributed by atoms with Gasteiger partial charge in [-0.05, 0) is 24.7 Å². The van der Waals surface area contributed by atoms with Crippen molar-refractivity contribution in [2.75, 3.05) is 0 Å². The van der Waals surface area contributed by atoms with E-state index in [0.717, 1.165) is 0 Å². The number of thioether (sulfide) groups is 2. The van der Waals surface area contributed by atoms with Crippen molar-refractivity contribution in [3.8, 4) is 0 Å². The summed E-state index contributed by atoms with van der Waals surface area (Å²) in [7, 11) is 0. The van der Waals surface area contributed by atoms with Gasteiger partial charge in [0.05, 0.1) is 4.08 Å². The fraction of sp³-hybridized carbons (Fsp3) is 0.429. The zero-order chi connectivity index (χ0) is 6.74. The second-order valence-corrected chi connectivity index (χ2v) is 5.61. The summed E-state index contributed by atoms with van der Waals surface area (Å²) < 4.78 is 0.323. The zero-order valence-electron chi connectivity index (χ0n) is 5.63. The van der Waals surface area contributed by atoms with Crippen LogP contribution >= 0.6 is 23.5 Å². The minimum atomic E-state index is 0.323. The van der Waals surface area contributed by atoms with Crippen LogP contribution in [0.15, 0.2) is 23.0 Å². The monoisotopic (exact) mass is 158 g/mol. The van der Waals surface area contributed by atoms with Crippen LogP contribution < -0.4 is 0 Å². The first-order valence-corrected chi connectivity index (χ1v) is 4.64. The molecule has 0 aliphatic carbocycles. The van der Waals surface area contributed by atoms with Crippen molar-refractivity contribution in [3.63, 3.8) is 0 Å². The van der Waals surface area contributed by atoms with Gasteiger partial charge < -0.3 is 0 Å². The van der Waals surface area contributed by atoms with Crippen LogP contribution in [-0.2, 0) is 0 Å². The lowest BCUT2D eigenvalue weighted by Gasteiger charge is -2.17. The summed E-state index contributed by atoms with van der Waals surface area (Å²) in [4.78, 5) is 0. The molecule has 2 heteroatoms. The fourth-order valence-corrected chi connectivity index (χ4v) is 2.07. The molecule has 0 amide bonds. The molecule has 0 bridgehead atoms. The molecule has 0 aromatic carbocycles. The van der Waals surface area contributed by atoms with E-state index < -0.39 is 0 Å². The summed E-state index contributed by atoms with van der Waals surface area (Å²) in [6, 6.07) is 0. The predicted molar refractivity (Wildman–Crippen MR) is 47.5 cm³/mol. The molecule has 0 aromatic rings. The standard InChI is InChI=1S/C7H10S2/c1-7(2)8-5-3-4-6-9-7/h3-6H,1-2H3. The Hall–Kier alpha value is 0.180. The van der Waals surface area contributed by atoms with E-state index in [1.54, 1.807) is 0 Å². The lowest BCUT2D eigenvalue weighted by Crippen LogP contribution is -2.03. The van der Waals surface area contributed by atoms with Crippen LogP contribution in [0.5, 0.6) is 0 Å². The van der Waals surface area contributed by atoms with Crippen LogP contribution in [0.4, 0.5) is 0 Å². The molecule has 0 atom stereocenters. The lowest BCUT2D eigenvalue weighted by molar-refractivity contribution is 1.04. The summed E-state index contributed by atoms with van der Waals surface area (Å²) in [6.07, 6.45) is 4.15. The third kappa shape index (κ3) is 2.50. The highest BCUT2D eigenvalue weighted by molar-refractivity contribution is 8.20. The van der Waals surface area contributed by atoms with Gasteiger partial charge in [0.1, 0.15) is 0 Å². The van der Waals surface area contributed by atoms with E-state index in [9.17, 15) is 0 Å². The Balaban J connectivity index is 2.61. The molecule has 1 heterocycles. The minimum absolute atomic E-state index is 0.323. The van der Waals surface area contributed by atoms with Gasteiger partial charge in [-0.15, -0.1) is 23.5 Å². The van der Waals surface area contributed by atoms with E-state index in [1.165, 1.54) is 0 Å². The van der Waals surface area contributed by atoms with Crippen LogP contribution in [0.3, 0.4) is 0 Å². The van der Waals surface area contributed by atoms with Gasteiger partial charge in [-0.2, -0.15) is 0 Å². The fourth-order valence-electron chi connectivity index (χ4n) is 0.525. The van der Waals surface area contributed by atoms with Crippen molar-refractivity contribution >= 4 is 23.5 Å². The molecule has 1 aliphatic heterocycles. The normalized spacial score (nSPS) is 23.8. The lowest BCUT2D eigenvalue weighted by atomic mass is 10.5. The van der Waals surface area contributed by atoms with Crippen LogP contribution in [0.25, 0.3) is 0 Å². The quantitative estimate of drug-likeness (QED) is 0.531. The Morgan fingerprint density at radius 1 is 1.00 bits per heavy atom. The van der Waals surface area contributed by atoms with Crippen molar-refractivity contribution in [2.45, 2.75) is 17.9 Å². The van der Waals surface area contributed by atoms with Gasteiger partial charge in [0.2, 0.25) is 0 Å². The number of rotatable bonds is 0. The maximum Gasteiger partial charge on any atom is 0.0637 e. The molecule has 0 spiro atoms. The molecule has 0 saturated carbocycles. The number of hydrogen-bond acceptors (Lipinski definition) is 2. The number of allylic oxidation sites excluding steroid dienone is 2. The molecule has 0 fully saturated rings.